The normalized spacial score (nSPS) is 14.0. The summed E-state index contributed by atoms with van der Waals surface area (Å²) in [6.07, 6.45) is -0.910. The van der Waals surface area contributed by atoms with Crippen molar-refractivity contribution in [2.24, 2.45) is 0 Å². The van der Waals surface area contributed by atoms with E-state index in [1.165, 1.54) is 0 Å². The summed E-state index contributed by atoms with van der Waals surface area (Å²) in [5.74, 6) is -2.25. The lowest BCUT2D eigenvalue weighted by Gasteiger charge is -2.15. The first-order valence-corrected chi connectivity index (χ1v) is 7.65. The fourth-order valence-electron chi connectivity index (χ4n) is 1.94. The molecule has 0 saturated heterocycles. The van der Waals surface area contributed by atoms with Gasteiger partial charge < -0.3 is 0 Å². The molecule has 1 rings (SSSR count). The van der Waals surface area contributed by atoms with Crippen LogP contribution in [-0.2, 0) is 4.79 Å². The van der Waals surface area contributed by atoms with Crippen molar-refractivity contribution in [3.05, 3.63) is 46.5 Å². The zero-order valence-electron chi connectivity index (χ0n) is 11.8. The van der Waals surface area contributed by atoms with Crippen LogP contribution in [0.3, 0.4) is 0 Å². The van der Waals surface area contributed by atoms with Gasteiger partial charge in [-0.05, 0) is 22.9 Å². The topological polar surface area (TPSA) is 17.1 Å². The van der Waals surface area contributed by atoms with Crippen molar-refractivity contribution < 1.29 is 18.0 Å². The maximum atomic E-state index is 12.5. The zero-order chi connectivity index (χ0) is 15.9. The summed E-state index contributed by atoms with van der Waals surface area (Å²) in [5, 5.41) is 0. The van der Waals surface area contributed by atoms with Gasteiger partial charge in [-0.25, -0.2) is 0 Å². The van der Waals surface area contributed by atoms with Gasteiger partial charge in [0.05, 0.1) is 0 Å². The Hall–Kier alpha value is -1.10. The summed E-state index contributed by atoms with van der Waals surface area (Å²) in [6.45, 7) is 2.04. The molecular formula is C16H18BrF3O. The van der Waals surface area contributed by atoms with E-state index >= 15 is 0 Å². The fourth-order valence-corrected chi connectivity index (χ4v) is 2.54. The van der Waals surface area contributed by atoms with Crippen molar-refractivity contribution in [2.45, 2.75) is 44.7 Å². The minimum absolute atomic E-state index is 0.561. The van der Waals surface area contributed by atoms with Gasteiger partial charge in [-0.2, -0.15) is 13.2 Å². The summed E-state index contributed by atoms with van der Waals surface area (Å²) in [6, 6.07) is 8.79. The molecule has 1 unspecified atom stereocenters. The Morgan fingerprint density at radius 1 is 1.29 bits per heavy atom. The summed E-state index contributed by atoms with van der Waals surface area (Å²) >= 11 is 3.39. The molecule has 0 bridgehead atoms. The quantitative estimate of drug-likeness (QED) is 0.602. The maximum Gasteiger partial charge on any atom is 0.450 e. The van der Waals surface area contributed by atoms with Crippen LogP contribution in [0.15, 0.2) is 40.9 Å². The predicted molar refractivity (Wildman–Crippen MR) is 81.4 cm³/mol. The smallest absolute Gasteiger partial charge is 0.290 e. The average molecular weight is 363 g/mol. The number of Topliss-reactive ketones (excluding diaryl/α,β-unsaturated/α-hetero) is 1. The molecule has 1 nitrogen and oxygen atoms in total. The molecule has 0 saturated carbocycles. The van der Waals surface area contributed by atoms with Gasteiger partial charge >= 0.3 is 6.18 Å². The van der Waals surface area contributed by atoms with Gasteiger partial charge in [0.2, 0.25) is 5.78 Å². The van der Waals surface area contributed by atoms with Gasteiger partial charge in [0, 0.05) is 12.3 Å². The van der Waals surface area contributed by atoms with E-state index in [4.69, 9.17) is 0 Å². The SMILES string of the molecule is CCCC/C(Br)=C/C(CC(=O)C(F)(F)F)c1ccccc1. The Bertz CT molecular complexity index is 480. The lowest BCUT2D eigenvalue weighted by Crippen LogP contribution is -2.24. The largest absolute Gasteiger partial charge is 0.450 e. The van der Waals surface area contributed by atoms with E-state index in [0.717, 1.165) is 23.7 Å². The molecule has 0 N–H and O–H groups in total. The Labute approximate surface area is 131 Å². The molecule has 5 heteroatoms. The van der Waals surface area contributed by atoms with Crippen LogP contribution in [0.1, 0.15) is 44.1 Å². The number of unbranched alkanes of at least 4 members (excludes halogenated alkanes) is 1. The summed E-state index contributed by atoms with van der Waals surface area (Å²) < 4.78 is 38.3. The molecule has 0 spiro atoms. The number of halogens is 4. The van der Waals surface area contributed by atoms with Crippen LogP contribution in [0.25, 0.3) is 0 Å². The van der Waals surface area contributed by atoms with Crippen molar-refractivity contribution in [3.8, 4) is 0 Å². The van der Waals surface area contributed by atoms with Crippen molar-refractivity contribution in [2.75, 3.05) is 0 Å². The molecule has 21 heavy (non-hydrogen) atoms. The molecule has 0 aliphatic rings. The summed E-state index contributed by atoms with van der Waals surface area (Å²) in [4.78, 5) is 11.3. The highest BCUT2D eigenvalue weighted by atomic mass is 79.9. The highest BCUT2D eigenvalue weighted by molar-refractivity contribution is 9.11. The molecule has 0 amide bonds. The monoisotopic (exact) mass is 362 g/mol. The van der Waals surface area contributed by atoms with Gasteiger partial charge in [-0.15, -0.1) is 0 Å². The van der Waals surface area contributed by atoms with E-state index in [1.807, 2.05) is 6.92 Å². The third kappa shape index (κ3) is 6.46. The third-order valence-corrected chi connectivity index (χ3v) is 3.76. The van der Waals surface area contributed by atoms with Gasteiger partial charge in [0.15, 0.2) is 0 Å². The molecule has 0 aromatic heterocycles. The number of hydrogen-bond acceptors (Lipinski definition) is 1. The molecule has 0 fully saturated rings. The van der Waals surface area contributed by atoms with Gasteiger partial charge in [0.25, 0.3) is 0 Å². The molecule has 0 radical (unpaired) electrons. The number of ketones is 1. The number of alkyl halides is 3. The maximum absolute atomic E-state index is 12.5. The molecule has 1 atom stereocenters. The minimum atomic E-state index is -4.78. The van der Waals surface area contributed by atoms with Crippen LogP contribution in [0.5, 0.6) is 0 Å². The lowest BCUT2D eigenvalue weighted by molar-refractivity contribution is -0.171. The molecule has 0 heterocycles. The molecule has 0 aliphatic heterocycles. The molecule has 0 aliphatic carbocycles. The lowest BCUT2D eigenvalue weighted by atomic mass is 9.92. The summed E-state index contributed by atoms with van der Waals surface area (Å²) in [5.41, 5.74) is 0.712. The first kappa shape index (κ1) is 18.0. The number of rotatable bonds is 7. The standard InChI is InChI=1S/C16H18BrF3O/c1-2-3-9-14(17)10-13(11-15(21)16(18,19)20)12-7-5-4-6-8-12/h4-8,10,13H,2-3,9,11H2,1H3/b14-10-. The Balaban J connectivity index is 2.93. The fraction of sp³-hybridized carbons (Fsp3) is 0.438. The number of carbonyl (C=O) groups is 1. The number of carbonyl (C=O) groups excluding carboxylic acids is 1. The average Bonchev–Trinajstić information content (AvgIpc) is 2.44. The molecule has 1 aromatic rings. The van der Waals surface area contributed by atoms with Gasteiger partial charge in [-0.1, -0.05) is 65.7 Å². The van der Waals surface area contributed by atoms with E-state index < -0.39 is 24.3 Å². The van der Waals surface area contributed by atoms with Crippen molar-refractivity contribution in [3.63, 3.8) is 0 Å². The van der Waals surface area contributed by atoms with E-state index in [0.29, 0.717) is 5.56 Å². The summed E-state index contributed by atoms with van der Waals surface area (Å²) in [7, 11) is 0. The highest BCUT2D eigenvalue weighted by Gasteiger charge is 2.39. The molecule has 1 aromatic carbocycles. The van der Waals surface area contributed by atoms with Crippen LogP contribution >= 0.6 is 15.9 Å². The first-order chi connectivity index (χ1) is 9.84. The minimum Gasteiger partial charge on any atom is -0.290 e. The van der Waals surface area contributed by atoms with Crippen LogP contribution in [0, 0.1) is 0 Å². The number of hydrogen-bond donors (Lipinski definition) is 0. The Morgan fingerprint density at radius 3 is 2.43 bits per heavy atom. The second kappa shape index (κ2) is 8.37. The van der Waals surface area contributed by atoms with E-state index in [9.17, 15) is 18.0 Å². The second-order valence-electron chi connectivity index (χ2n) is 4.86. The van der Waals surface area contributed by atoms with E-state index in [-0.39, 0.29) is 0 Å². The van der Waals surface area contributed by atoms with Gasteiger partial charge in [-0.3, -0.25) is 4.79 Å². The first-order valence-electron chi connectivity index (χ1n) is 6.85. The van der Waals surface area contributed by atoms with Crippen LogP contribution in [-0.4, -0.2) is 12.0 Å². The van der Waals surface area contributed by atoms with Crippen molar-refractivity contribution in [1.82, 2.24) is 0 Å². The van der Waals surface area contributed by atoms with Crippen LogP contribution < -0.4 is 0 Å². The van der Waals surface area contributed by atoms with E-state index in [2.05, 4.69) is 15.9 Å². The Morgan fingerprint density at radius 2 is 1.90 bits per heavy atom. The molecule has 116 valence electrons. The zero-order valence-corrected chi connectivity index (χ0v) is 13.4. The number of benzene rings is 1. The predicted octanol–water partition coefficient (Wildman–Crippen LogP) is 5.76. The van der Waals surface area contributed by atoms with E-state index in [1.54, 1.807) is 36.4 Å². The second-order valence-corrected chi connectivity index (χ2v) is 5.88. The third-order valence-electron chi connectivity index (χ3n) is 3.10. The van der Waals surface area contributed by atoms with Crippen molar-refractivity contribution >= 4 is 21.7 Å². The van der Waals surface area contributed by atoms with Gasteiger partial charge in [0.1, 0.15) is 0 Å². The molecular weight excluding hydrogens is 345 g/mol. The van der Waals surface area contributed by atoms with Crippen LogP contribution in [0.4, 0.5) is 13.2 Å². The number of allylic oxidation sites excluding steroid dienone is 2. The highest BCUT2D eigenvalue weighted by Crippen LogP contribution is 2.30. The Kier molecular flexibility index (Phi) is 7.15. The van der Waals surface area contributed by atoms with Crippen molar-refractivity contribution in [1.29, 1.82) is 0 Å². The van der Waals surface area contributed by atoms with Crippen LogP contribution in [0.2, 0.25) is 0 Å².